The summed E-state index contributed by atoms with van der Waals surface area (Å²) in [6, 6.07) is 11.7. The van der Waals surface area contributed by atoms with Crippen LogP contribution < -0.4 is 26.8 Å². The molecule has 0 spiro atoms. The highest BCUT2D eigenvalue weighted by Gasteiger charge is 2.19. The van der Waals surface area contributed by atoms with E-state index in [1.165, 1.54) is 24.3 Å². The molecule has 0 fully saturated rings. The van der Waals surface area contributed by atoms with Crippen LogP contribution in [0, 0.1) is 0 Å². The number of aromatic nitrogens is 2. The molecule has 160 valence electrons. The van der Waals surface area contributed by atoms with Crippen molar-refractivity contribution >= 4 is 43.5 Å². The van der Waals surface area contributed by atoms with E-state index in [9.17, 15) is 27.6 Å². The Morgan fingerprint density at radius 2 is 1.35 bits per heavy atom. The Morgan fingerprint density at radius 1 is 0.839 bits per heavy atom. The number of benzene rings is 2. The smallest absolute Gasteiger partial charge is 0.313 e. The molecule has 13 heteroatoms. The standard InChI is InChI=1S/C18H14BrN5O6S/c19-12-5-1-10(2-6-12)15(25)22-23-16(26)11-3-7-13(8-4-11)24-31(29,30)14-9-20-18(28)21-17(14)27/h1-9,24H,(H,22,25)(H,23,26)(H2,20,21,27,28). The number of carbonyl (C=O) groups excluding carboxylic acids is 2. The van der Waals surface area contributed by atoms with Crippen LogP contribution in [0.4, 0.5) is 5.69 Å². The highest BCUT2D eigenvalue weighted by molar-refractivity contribution is 9.10. The van der Waals surface area contributed by atoms with Gasteiger partial charge in [-0.05, 0) is 48.5 Å². The highest BCUT2D eigenvalue weighted by Crippen LogP contribution is 2.14. The Balaban J connectivity index is 1.64. The first-order chi connectivity index (χ1) is 14.7. The number of sulfonamides is 1. The van der Waals surface area contributed by atoms with Crippen LogP contribution in [0.3, 0.4) is 0 Å². The van der Waals surface area contributed by atoms with Gasteiger partial charge in [-0.25, -0.2) is 13.2 Å². The topological polar surface area (TPSA) is 170 Å². The van der Waals surface area contributed by atoms with Crippen molar-refractivity contribution in [2.75, 3.05) is 4.72 Å². The summed E-state index contributed by atoms with van der Waals surface area (Å²) < 4.78 is 27.6. The summed E-state index contributed by atoms with van der Waals surface area (Å²) in [5.74, 6) is -1.15. The molecule has 1 heterocycles. The molecule has 0 atom stereocenters. The Kier molecular flexibility index (Phi) is 6.36. The second-order valence-electron chi connectivity index (χ2n) is 6.03. The van der Waals surface area contributed by atoms with Gasteiger partial charge in [0, 0.05) is 27.5 Å². The summed E-state index contributed by atoms with van der Waals surface area (Å²) in [6.07, 6.45) is 0.777. The maximum absolute atomic E-state index is 12.3. The summed E-state index contributed by atoms with van der Waals surface area (Å²) in [5.41, 5.74) is 3.15. The van der Waals surface area contributed by atoms with Gasteiger partial charge in [-0.3, -0.25) is 34.9 Å². The first kappa shape index (κ1) is 22.0. The predicted molar refractivity (Wildman–Crippen MR) is 114 cm³/mol. The molecule has 3 rings (SSSR count). The third kappa shape index (κ3) is 5.46. The van der Waals surface area contributed by atoms with Gasteiger partial charge in [-0.2, -0.15) is 0 Å². The van der Waals surface area contributed by atoms with Crippen molar-refractivity contribution in [2.45, 2.75) is 4.90 Å². The fourth-order valence-corrected chi connectivity index (χ4v) is 3.69. The first-order valence-electron chi connectivity index (χ1n) is 8.47. The van der Waals surface area contributed by atoms with Gasteiger partial charge in [0.05, 0.1) is 0 Å². The number of hydrogen-bond acceptors (Lipinski definition) is 6. The monoisotopic (exact) mass is 507 g/mol. The minimum atomic E-state index is -4.27. The fourth-order valence-electron chi connectivity index (χ4n) is 2.36. The average molecular weight is 508 g/mol. The predicted octanol–water partition coefficient (Wildman–Crippen LogP) is 0.701. The first-order valence-corrected chi connectivity index (χ1v) is 10.7. The Bertz CT molecular complexity index is 1350. The van der Waals surface area contributed by atoms with Crippen LogP contribution >= 0.6 is 15.9 Å². The minimum absolute atomic E-state index is 0.0704. The van der Waals surface area contributed by atoms with Crippen molar-refractivity contribution in [3.05, 3.63) is 91.2 Å². The van der Waals surface area contributed by atoms with Crippen LogP contribution in [-0.4, -0.2) is 30.2 Å². The Morgan fingerprint density at radius 3 is 1.87 bits per heavy atom. The third-order valence-corrected chi connectivity index (χ3v) is 5.79. The van der Waals surface area contributed by atoms with Crippen LogP contribution in [0.2, 0.25) is 0 Å². The van der Waals surface area contributed by atoms with Gasteiger partial charge in [-0.1, -0.05) is 15.9 Å². The lowest BCUT2D eigenvalue weighted by Gasteiger charge is -2.09. The highest BCUT2D eigenvalue weighted by atomic mass is 79.9. The van der Waals surface area contributed by atoms with Crippen LogP contribution in [0.5, 0.6) is 0 Å². The molecule has 0 aliphatic heterocycles. The summed E-state index contributed by atoms with van der Waals surface area (Å²) in [5, 5.41) is 0. The SMILES string of the molecule is O=C(NNC(=O)c1ccc(NS(=O)(=O)c2c[nH]c(=O)[nH]c2=O)cc1)c1ccc(Br)cc1. The molecule has 0 unspecified atom stereocenters. The van der Waals surface area contributed by atoms with Crippen LogP contribution in [0.25, 0.3) is 0 Å². The number of halogens is 1. The quantitative estimate of drug-likeness (QED) is 0.318. The van der Waals surface area contributed by atoms with E-state index in [4.69, 9.17) is 0 Å². The molecule has 1 aromatic heterocycles. The van der Waals surface area contributed by atoms with Crippen LogP contribution in [-0.2, 0) is 10.0 Å². The average Bonchev–Trinajstić information content (AvgIpc) is 2.72. The van der Waals surface area contributed by atoms with Gasteiger partial charge >= 0.3 is 5.69 Å². The molecule has 0 radical (unpaired) electrons. The zero-order valence-electron chi connectivity index (χ0n) is 15.4. The largest absolute Gasteiger partial charge is 0.325 e. The number of aromatic amines is 2. The van der Waals surface area contributed by atoms with Gasteiger partial charge in [0.1, 0.15) is 0 Å². The molecule has 11 nitrogen and oxygen atoms in total. The Hall–Kier alpha value is -3.71. The van der Waals surface area contributed by atoms with Crippen molar-refractivity contribution in [1.82, 2.24) is 20.8 Å². The molecule has 0 aliphatic rings. The van der Waals surface area contributed by atoms with Crippen molar-refractivity contribution in [2.24, 2.45) is 0 Å². The third-order valence-electron chi connectivity index (χ3n) is 3.87. The number of hydrogen-bond donors (Lipinski definition) is 5. The second-order valence-corrected chi connectivity index (χ2v) is 8.60. The molecule has 3 aromatic rings. The number of hydrazine groups is 1. The number of carbonyl (C=O) groups is 2. The lowest BCUT2D eigenvalue weighted by Crippen LogP contribution is -2.41. The van der Waals surface area contributed by atoms with E-state index in [1.807, 2.05) is 4.98 Å². The molecule has 2 amide bonds. The second kappa shape index (κ2) is 8.97. The summed E-state index contributed by atoms with van der Waals surface area (Å²) >= 11 is 3.26. The van der Waals surface area contributed by atoms with Gasteiger partial charge in [0.2, 0.25) is 0 Å². The lowest BCUT2D eigenvalue weighted by molar-refractivity contribution is 0.0846. The van der Waals surface area contributed by atoms with Gasteiger partial charge in [0.15, 0.2) is 4.90 Å². The molecule has 0 saturated carbocycles. The van der Waals surface area contributed by atoms with Crippen molar-refractivity contribution in [1.29, 1.82) is 0 Å². The van der Waals surface area contributed by atoms with Gasteiger partial charge < -0.3 is 4.98 Å². The number of rotatable bonds is 5. The minimum Gasteiger partial charge on any atom is -0.313 e. The number of nitrogens with one attached hydrogen (secondary N) is 5. The maximum Gasteiger partial charge on any atom is 0.325 e. The van der Waals surface area contributed by atoms with E-state index >= 15 is 0 Å². The van der Waals surface area contributed by atoms with E-state index in [2.05, 4.69) is 36.5 Å². The number of amides is 2. The van der Waals surface area contributed by atoms with E-state index < -0.39 is 38.0 Å². The van der Waals surface area contributed by atoms with Gasteiger partial charge in [0.25, 0.3) is 27.4 Å². The number of H-pyrrole nitrogens is 2. The molecular formula is C18H14BrN5O6S. The van der Waals surface area contributed by atoms with Crippen molar-refractivity contribution < 1.29 is 18.0 Å². The van der Waals surface area contributed by atoms with Crippen molar-refractivity contribution in [3.8, 4) is 0 Å². The summed E-state index contributed by atoms with van der Waals surface area (Å²) in [6.45, 7) is 0. The van der Waals surface area contributed by atoms with E-state index in [0.717, 1.165) is 10.7 Å². The summed E-state index contributed by atoms with van der Waals surface area (Å²) in [7, 11) is -4.27. The summed E-state index contributed by atoms with van der Waals surface area (Å²) in [4.78, 5) is 50.1. The maximum atomic E-state index is 12.3. The molecule has 0 aliphatic carbocycles. The fraction of sp³-hybridized carbons (Fsp3) is 0. The normalized spacial score (nSPS) is 10.9. The van der Waals surface area contributed by atoms with E-state index in [0.29, 0.717) is 5.56 Å². The zero-order chi connectivity index (χ0) is 22.6. The molecule has 2 aromatic carbocycles. The Labute approximate surface area is 183 Å². The van der Waals surface area contributed by atoms with E-state index in [1.54, 1.807) is 24.3 Å². The van der Waals surface area contributed by atoms with Crippen molar-refractivity contribution in [3.63, 3.8) is 0 Å². The van der Waals surface area contributed by atoms with E-state index in [-0.39, 0.29) is 11.3 Å². The molecule has 31 heavy (non-hydrogen) atoms. The molecule has 0 saturated heterocycles. The molecule has 5 N–H and O–H groups in total. The molecule has 0 bridgehead atoms. The van der Waals surface area contributed by atoms with Crippen LogP contribution in [0.1, 0.15) is 20.7 Å². The lowest BCUT2D eigenvalue weighted by atomic mass is 10.2. The van der Waals surface area contributed by atoms with Crippen LogP contribution in [0.15, 0.2) is 73.7 Å². The number of anilines is 1. The van der Waals surface area contributed by atoms with Gasteiger partial charge in [-0.15, -0.1) is 0 Å². The zero-order valence-corrected chi connectivity index (χ0v) is 17.8. The molecular weight excluding hydrogens is 494 g/mol.